The standard InChI is InChI=1S/C25H22N6O/c1-2-29(16-19-6-4-3-5-7-19)25(32)23-12-13-28-31(23)24-11-10-22-9-8-20(17-30(22)24)21-14-26-18-27-15-21/h3-15,17-18H,2,16H2,1H3. The number of nitrogens with zero attached hydrogens (tertiary/aromatic N) is 6. The Labute approximate surface area is 185 Å². The lowest BCUT2D eigenvalue weighted by Gasteiger charge is -2.21. The van der Waals surface area contributed by atoms with Crippen LogP contribution >= 0.6 is 0 Å². The van der Waals surface area contributed by atoms with Gasteiger partial charge < -0.3 is 9.30 Å². The van der Waals surface area contributed by atoms with Crippen molar-refractivity contribution in [2.45, 2.75) is 13.5 Å². The lowest BCUT2D eigenvalue weighted by atomic mass is 10.1. The highest BCUT2D eigenvalue weighted by molar-refractivity contribution is 5.93. The Kier molecular flexibility index (Phi) is 5.21. The average Bonchev–Trinajstić information content (AvgIpc) is 3.50. The van der Waals surface area contributed by atoms with Crippen molar-refractivity contribution in [1.29, 1.82) is 0 Å². The van der Waals surface area contributed by atoms with Crippen molar-refractivity contribution < 1.29 is 4.79 Å². The maximum atomic E-state index is 13.4. The van der Waals surface area contributed by atoms with Crippen molar-refractivity contribution in [3.8, 4) is 16.9 Å². The zero-order valence-electron chi connectivity index (χ0n) is 17.7. The van der Waals surface area contributed by atoms with Gasteiger partial charge in [-0.25, -0.2) is 14.6 Å². The highest BCUT2D eigenvalue weighted by Crippen LogP contribution is 2.23. The second kappa shape index (κ2) is 8.47. The summed E-state index contributed by atoms with van der Waals surface area (Å²) in [5.41, 5.74) is 4.53. The van der Waals surface area contributed by atoms with Gasteiger partial charge in [-0.2, -0.15) is 5.10 Å². The molecule has 0 saturated heterocycles. The summed E-state index contributed by atoms with van der Waals surface area (Å²) in [5.74, 6) is 0.735. The second-order valence-electron chi connectivity index (χ2n) is 7.46. The molecule has 1 aromatic carbocycles. The first kappa shape index (κ1) is 19.7. The highest BCUT2D eigenvalue weighted by Gasteiger charge is 2.21. The summed E-state index contributed by atoms with van der Waals surface area (Å²) in [6.45, 7) is 3.14. The van der Waals surface area contributed by atoms with Crippen LogP contribution < -0.4 is 0 Å². The molecule has 0 atom stereocenters. The zero-order chi connectivity index (χ0) is 21.9. The van der Waals surface area contributed by atoms with E-state index in [9.17, 15) is 4.79 Å². The topological polar surface area (TPSA) is 68.3 Å². The predicted octanol–water partition coefficient (Wildman–Crippen LogP) is 4.24. The van der Waals surface area contributed by atoms with Crippen LogP contribution in [0.3, 0.4) is 0 Å². The maximum Gasteiger partial charge on any atom is 0.272 e. The van der Waals surface area contributed by atoms with E-state index in [1.165, 1.54) is 6.33 Å². The van der Waals surface area contributed by atoms with Crippen molar-refractivity contribution in [2.24, 2.45) is 0 Å². The molecule has 0 N–H and O–H groups in total. The van der Waals surface area contributed by atoms with Crippen molar-refractivity contribution in [3.63, 3.8) is 0 Å². The second-order valence-corrected chi connectivity index (χ2v) is 7.46. The number of rotatable bonds is 6. The van der Waals surface area contributed by atoms with Gasteiger partial charge in [-0.3, -0.25) is 4.79 Å². The molecule has 0 aliphatic heterocycles. The van der Waals surface area contributed by atoms with Crippen LogP contribution in [-0.4, -0.2) is 41.5 Å². The minimum atomic E-state index is -0.0589. The maximum absolute atomic E-state index is 13.4. The summed E-state index contributed by atoms with van der Waals surface area (Å²) >= 11 is 0. The number of benzene rings is 1. The molecule has 1 amide bonds. The quantitative estimate of drug-likeness (QED) is 0.410. The number of hydrogen-bond acceptors (Lipinski definition) is 4. The van der Waals surface area contributed by atoms with Crippen LogP contribution in [0.1, 0.15) is 23.0 Å². The van der Waals surface area contributed by atoms with E-state index >= 15 is 0 Å². The van der Waals surface area contributed by atoms with Gasteiger partial charge in [0.15, 0.2) is 0 Å². The first-order valence-electron chi connectivity index (χ1n) is 10.5. The molecule has 7 nitrogen and oxygen atoms in total. The number of fused-ring (bicyclic) bond motifs is 1. The van der Waals surface area contributed by atoms with E-state index in [0.717, 1.165) is 28.0 Å². The summed E-state index contributed by atoms with van der Waals surface area (Å²) in [5, 5.41) is 4.48. The van der Waals surface area contributed by atoms with Gasteiger partial charge in [-0.15, -0.1) is 0 Å². The van der Waals surface area contributed by atoms with Crippen LogP contribution in [0, 0.1) is 0 Å². The van der Waals surface area contributed by atoms with E-state index in [1.807, 2.05) is 77.0 Å². The van der Waals surface area contributed by atoms with Gasteiger partial charge in [0.25, 0.3) is 5.91 Å². The predicted molar refractivity (Wildman–Crippen MR) is 122 cm³/mol. The fourth-order valence-electron chi connectivity index (χ4n) is 3.82. The van der Waals surface area contributed by atoms with Gasteiger partial charge in [0.2, 0.25) is 0 Å². The smallest absolute Gasteiger partial charge is 0.272 e. The van der Waals surface area contributed by atoms with E-state index in [2.05, 4.69) is 15.1 Å². The van der Waals surface area contributed by atoms with Crippen molar-refractivity contribution in [3.05, 3.63) is 103 Å². The molecule has 158 valence electrons. The molecule has 4 heterocycles. The van der Waals surface area contributed by atoms with Crippen LogP contribution in [0.4, 0.5) is 0 Å². The minimum Gasteiger partial charge on any atom is -0.333 e. The summed E-state index contributed by atoms with van der Waals surface area (Å²) in [7, 11) is 0. The zero-order valence-corrected chi connectivity index (χ0v) is 17.7. The molecule has 0 fully saturated rings. The highest BCUT2D eigenvalue weighted by atomic mass is 16.2. The van der Waals surface area contributed by atoms with Gasteiger partial charge in [0, 0.05) is 48.3 Å². The summed E-state index contributed by atoms with van der Waals surface area (Å²) in [6, 6.07) is 19.8. The van der Waals surface area contributed by atoms with Gasteiger partial charge in [0.1, 0.15) is 17.8 Å². The van der Waals surface area contributed by atoms with Gasteiger partial charge >= 0.3 is 0 Å². The Morgan fingerprint density at radius 3 is 2.50 bits per heavy atom. The fraction of sp³-hybridized carbons (Fsp3) is 0.120. The molecule has 0 spiro atoms. The molecule has 4 aromatic heterocycles. The van der Waals surface area contributed by atoms with Crippen LogP contribution in [-0.2, 0) is 6.54 Å². The molecule has 0 bridgehead atoms. The summed E-state index contributed by atoms with van der Waals surface area (Å²) < 4.78 is 3.73. The minimum absolute atomic E-state index is 0.0589. The number of carbonyl (C=O) groups excluding carboxylic acids is 1. The summed E-state index contributed by atoms with van der Waals surface area (Å²) in [4.78, 5) is 23.5. The van der Waals surface area contributed by atoms with Crippen LogP contribution in [0.2, 0.25) is 0 Å². The first-order chi connectivity index (χ1) is 15.7. The van der Waals surface area contributed by atoms with Gasteiger partial charge in [-0.05, 0) is 36.8 Å². The number of carbonyl (C=O) groups is 1. The van der Waals surface area contributed by atoms with Gasteiger partial charge in [-0.1, -0.05) is 36.4 Å². The van der Waals surface area contributed by atoms with E-state index in [0.29, 0.717) is 18.8 Å². The molecule has 32 heavy (non-hydrogen) atoms. The average molecular weight is 422 g/mol. The monoisotopic (exact) mass is 422 g/mol. The molecule has 0 aliphatic rings. The van der Waals surface area contributed by atoms with Crippen molar-refractivity contribution in [1.82, 2.24) is 29.0 Å². The lowest BCUT2D eigenvalue weighted by molar-refractivity contribution is 0.0743. The Balaban J connectivity index is 1.52. The Bertz CT molecular complexity index is 1360. The first-order valence-corrected chi connectivity index (χ1v) is 10.5. The Hall–Kier alpha value is -4.26. The van der Waals surface area contributed by atoms with Crippen LogP contribution in [0.25, 0.3) is 22.5 Å². The fourth-order valence-corrected chi connectivity index (χ4v) is 3.82. The third kappa shape index (κ3) is 3.65. The molecule has 0 unspecified atom stereocenters. The molecule has 0 radical (unpaired) electrons. The largest absolute Gasteiger partial charge is 0.333 e. The van der Waals surface area contributed by atoms with E-state index < -0.39 is 0 Å². The third-order valence-corrected chi connectivity index (χ3v) is 5.49. The van der Waals surface area contributed by atoms with Crippen LogP contribution in [0.5, 0.6) is 0 Å². The Morgan fingerprint density at radius 1 is 0.938 bits per heavy atom. The molecule has 5 rings (SSSR count). The van der Waals surface area contributed by atoms with Crippen molar-refractivity contribution in [2.75, 3.05) is 6.54 Å². The van der Waals surface area contributed by atoms with E-state index in [4.69, 9.17) is 0 Å². The summed E-state index contributed by atoms with van der Waals surface area (Å²) in [6.07, 6.45) is 8.75. The normalized spacial score (nSPS) is 11.0. The van der Waals surface area contributed by atoms with Crippen molar-refractivity contribution >= 4 is 11.4 Å². The van der Waals surface area contributed by atoms with Crippen LogP contribution in [0.15, 0.2) is 91.8 Å². The molecular weight excluding hydrogens is 400 g/mol. The SMILES string of the molecule is CCN(Cc1ccccc1)C(=O)c1ccnn1-c1ccc2ccc(-c3cncnc3)cn12. The third-order valence-electron chi connectivity index (χ3n) is 5.49. The number of aromatic nitrogens is 5. The molecular formula is C25H22N6O. The lowest BCUT2D eigenvalue weighted by Crippen LogP contribution is -2.32. The molecule has 5 aromatic rings. The number of pyridine rings is 1. The molecule has 0 saturated carbocycles. The molecule has 0 aliphatic carbocycles. The van der Waals surface area contributed by atoms with Gasteiger partial charge in [0.05, 0.1) is 6.20 Å². The molecule has 7 heteroatoms. The Morgan fingerprint density at radius 2 is 1.72 bits per heavy atom. The van der Waals surface area contributed by atoms with E-state index in [-0.39, 0.29) is 5.91 Å². The van der Waals surface area contributed by atoms with E-state index in [1.54, 1.807) is 29.3 Å². The number of amides is 1. The number of hydrogen-bond donors (Lipinski definition) is 0.